The third-order valence-electron chi connectivity index (χ3n) is 5.12. The quantitative estimate of drug-likeness (QED) is 0.738. The lowest BCUT2D eigenvalue weighted by atomic mass is 9.81. The SMILES string of the molecule is O=C1C[C@H](c2ccccc2)Cc2[nH]c(=O)c(C(=O)NCc3ccccc3)cc21. The van der Waals surface area contributed by atoms with Crippen LogP contribution in [-0.2, 0) is 13.0 Å². The Balaban J connectivity index is 1.56. The minimum atomic E-state index is -0.481. The highest BCUT2D eigenvalue weighted by Crippen LogP contribution is 2.31. The number of pyridine rings is 1. The number of carbonyl (C=O) groups excluding carboxylic acids is 2. The molecule has 1 atom stereocenters. The molecule has 0 fully saturated rings. The Morgan fingerprint density at radius 3 is 2.36 bits per heavy atom. The van der Waals surface area contributed by atoms with Crippen LogP contribution in [0.1, 0.15) is 49.9 Å². The van der Waals surface area contributed by atoms with E-state index < -0.39 is 11.5 Å². The molecule has 5 nitrogen and oxygen atoms in total. The van der Waals surface area contributed by atoms with E-state index in [0.717, 1.165) is 11.1 Å². The van der Waals surface area contributed by atoms with Crippen molar-refractivity contribution in [3.05, 3.63) is 105 Å². The van der Waals surface area contributed by atoms with Crippen LogP contribution >= 0.6 is 0 Å². The molecule has 0 bridgehead atoms. The van der Waals surface area contributed by atoms with Gasteiger partial charge in [0.1, 0.15) is 5.56 Å². The van der Waals surface area contributed by atoms with E-state index in [1.165, 1.54) is 6.07 Å². The van der Waals surface area contributed by atoms with Crippen molar-refractivity contribution >= 4 is 11.7 Å². The van der Waals surface area contributed by atoms with E-state index in [-0.39, 0.29) is 17.3 Å². The summed E-state index contributed by atoms with van der Waals surface area (Å²) in [5, 5.41) is 2.74. The van der Waals surface area contributed by atoms with Crippen LogP contribution in [0, 0.1) is 0 Å². The fraction of sp³-hybridized carbons (Fsp3) is 0.174. The second kappa shape index (κ2) is 7.64. The molecule has 28 heavy (non-hydrogen) atoms. The first-order valence-corrected chi connectivity index (χ1v) is 9.28. The van der Waals surface area contributed by atoms with Crippen LogP contribution in [0.3, 0.4) is 0 Å². The Bertz CT molecular complexity index is 1070. The van der Waals surface area contributed by atoms with Gasteiger partial charge in [0.2, 0.25) is 0 Å². The molecule has 1 aromatic heterocycles. The van der Waals surface area contributed by atoms with Crippen LogP contribution in [-0.4, -0.2) is 16.7 Å². The van der Waals surface area contributed by atoms with Gasteiger partial charge in [-0.15, -0.1) is 0 Å². The number of rotatable bonds is 4. The first-order valence-electron chi connectivity index (χ1n) is 9.28. The van der Waals surface area contributed by atoms with Gasteiger partial charge in [-0.1, -0.05) is 60.7 Å². The first kappa shape index (κ1) is 17.9. The van der Waals surface area contributed by atoms with Crippen LogP contribution < -0.4 is 10.9 Å². The number of aromatic amines is 1. The van der Waals surface area contributed by atoms with E-state index in [1.807, 2.05) is 60.7 Å². The monoisotopic (exact) mass is 372 g/mol. The number of hydrogen-bond donors (Lipinski definition) is 2. The molecule has 5 heteroatoms. The summed E-state index contributed by atoms with van der Waals surface area (Å²) in [5.41, 5.74) is 2.57. The number of Topliss-reactive ketones (excluding diaryl/α,β-unsaturated/α-hetero) is 1. The maximum atomic E-state index is 12.7. The highest BCUT2D eigenvalue weighted by Gasteiger charge is 2.28. The molecule has 2 aromatic carbocycles. The van der Waals surface area contributed by atoms with Gasteiger partial charge in [0.15, 0.2) is 5.78 Å². The highest BCUT2D eigenvalue weighted by molar-refractivity contribution is 6.02. The summed E-state index contributed by atoms with van der Waals surface area (Å²) in [6.45, 7) is 0.320. The number of carbonyl (C=O) groups is 2. The normalized spacial score (nSPS) is 15.7. The average molecular weight is 372 g/mol. The average Bonchev–Trinajstić information content (AvgIpc) is 2.73. The summed E-state index contributed by atoms with van der Waals surface area (Å²) in [6.07, 6.45) is 0.945. The largest absolute Gasteiger partial charge is 0.348 e. The van der Waals surface area contributed by atoms with Crippen molar-refractivity contribution in [3.63, 3.8) is 0 Å². The molecule has 1 aliphatic rings. The minimum absolute atomic E-state index is 0.0267. The Morgan fingerprint density at radius 1 is 0.964 bits per heavy atom. The van der Waals surface area contributed by atoms with E-state index in [2.05, 4.69) is 10.3 Å². The number of aromatic nitrogens is 1. The predicted molar refractivity (Wildman–Crippen MR) is 107 cm³/mol. The summed E-state index contributed by atoms with van der Waals surface area (Å²) in [6, 6.07) is 20.7. The molecule has 0 radical (unpaired) electrons. The third kappa shape index (κ3) is 3.64. The van der Waals surface area contributed by atoms with E-state index >= 15 is 0 Å². The number of H-pyrrole nitrogens is 1. The summed E-state index contributed by atoms with van der Waals surface area (Å²) in [5.74, 6) is -0.496. The van der Waals surface area contributed by atoms with Crippen molar-refractivity contribution in [1.82, 2.24) is 10.3 Å². The zero-order valence-corrected chi connectivity index (χ0v) is 15.3. The van der Waals surface area contributed by atoms with E-state index in [9.17, 15) is 14.4 Å². The van der Waals surface area contributed by atoms with Crippen LogP contribution in [0.15, 0.2) is 71.5 Å². The van der Waals surface area contributed by atoms with Gasteiger partial charge < -0.3 is 10.3 Å². The van der Waals surface area contributed by atoms with Crippen molar-refractivity contribution in [2.45, 2.75) is 25.3 Å². The number of benzene rings is 2. The zero-order valence-electron chi connectivity index (χ0n) is 15.3. The molecule has 2 N–H and O–H groups in total. The Kier molecular flexibility index (Phi) is 4.89. The van der Waals surface area contributed by atoms with E-state index in [1.54, 1.807) is 0 Å². The molecule has 0 spiro atoms. The van der Waals surface area contributed by atoms with Crippen LogP contribution in [0.2, 0.25) is 0 Å². The van der Waals surface area contributed by atoms with E-state index in [0.29, 0.717) is 30.6 Å². The number of amides is 1. The molecular weight excluding hydrogens is 352 g/mol. The van der Waals surface area contributed by atoms with Gasteiger partial charge in [-0.3, -0.25) is 14.4 Å². The fourth-order valence-electron chi connectivity index (χ4n) is 3.63. The Hall–Kier alpha value is -3.47. The first-order chi connectivity index (χ1) is 13.6. The van der Waals surface area contributed by atoms with Gasteiger partial charge in [0.05, 0.1) is 0 Å². The summed E-state index contributed by atoms with van der Waals surface area (Å²) in [7, 11) is 0. The lowest BCUT2D eigenvalue weighted by molar-refractivity contribution is 0.0949. The van der Waals surface area contributed by atoms with Crippen LogP contribution in [0.5, 0.6) is 0 Å². The fourth-order valence-corrected chi connectivity index (χ4v) is 3.63. The summed E-state index contributed by atoms with van der Waals surface area (Å²) in [4.78, 5) is 40.4. The second-order valence-corrected chi connectivity index (χ2v) is 7.01. The summed E-state index contributed by atoms with van der Waals surface area (Å²) >= 11 is 0. The van der Waals surface area contributed by atoms with Crippen molar-refractivity contribution < 1.29 is 9.59 Å². The molecule has 0 aliphatic heterocycles. The molecule has 0 saturated heterocycles. The minimum Gasteiger partial charge on any atom is -0.348 e. The standard InChI is InChI=1S/C23H20N2O3/c26-21-12-17(16-9-5-2-6-10-16)11-20-18(21)13-19(23(28)25-20)22(27)24-14-15-7-3-1-4-8-15/h1-10,13,17H,11-12,14H2,(H,24,27)(H,25,28)/t17-/m1/s1. The Labute approximate surface area is 162 Å². The highest BCUT2D eigenvalue weighted by atomic mass is 16.2. The zero-order chi connectivity index (χ0) is 19.5. The van der Waals surface area contributed by atoms with Gasteiger partial charge in [-0.2, -0.15) is 0 Å². The van der Waals surface area contributed by atoms with Gasteiger partial charge >= 0.3 is 0 Å². The maximum Gasteiger partial charge on any atom is 0.261 e. The van der Waals surface area contributed by atoms with Crippen LogP contribution in [0.4, 0.5) is 0 Å². The molecular formula is C23H20N2O3. The third-order valence-corrected chi connectivity index (χ3v) is 5.12. The van der Waals surface area contributed by atoms with Crippen molar-refractivity contribution in [1.29, 1.82) is 0 Å². The van der Waals surface area contributed by atoms with Gasteiger partial charge in [0, 0.05) is 24.2 Å². The molecule has 140 valence electrons. The van der Waals surface area contributed by atoms with Gasteiger partial charge in [-0.25, -0.2) is 0 Å². The Morgan fingerprint density at radius 2 is 1.64 bits per heavy atom. The molecule has 0 saturated carbocycles. The van der Waals surface area contributed by atoms with Crippen molar-refractivity contribution in [2.24, 2.45) is 0 Å². The molecule has 1 amide bonds. The molecule has 0 unspecified atom stereocenters. The predicted octanol–water partition coefficient (Wildman–Crippen LogP) is 3.22. The maximum absolute atomic E-state index is 12.7. The smallest absolute Gasteiger partial charge is 0.261 e. The number of hydrogen-bond acceptors (Lipinski definition) is 3. The lowest BCUT2D eigenvalue weighted by Gasteiger charge is -2.24. The van der Waals surface area contributed by atoms with Gasteiger partial charge in [-0.05, 0) is 29.5 Å². The number of ketones is 1. The summed E-state index contributed by atoms with van der Waals surface area (Å²) < 4.78 is 0. The van der Waals surface area contributed by atoms with E-state index in [4.69, 9.17) is 0 Å². The molecule has 3 aromatic rings. The molecule has 1 heterocycles. The van der Waals surface area contributed by atoms with Crippen molar-refractivity contribution in [2.75, 3.05) is 0 Å². The molecule has 4 rings (SSSR count). The second-order valence-electron chi connectivity index (χ2n) is 7.01. The topological polar surface area (TPSA) is 79.0 Å². The lowest BCUT2D eigenvalue weighted by Crippen LogP contribution is -2.32. The number of nitrogens with one attached hydrogen (secondary N) is 2. The number of fused-ring (bicyclic) bond motifs is 1. The van der Waals surface area contributed by atoms with Gasteiger partial charge in [0.25, 0.3) is 11.5 Å². The van der Waals surface area contributed by atoms with Crippen molar-refractivity contribution in [3.8, 4) is 0 Å². The van der Waals surface area contributed by atoms with Crippen LogP contribution in [0.25, 0.3) is 0 Å². The molecule has 1 aliphatic carbocycles.